The second kappa shape index (κ2) is 8.68. The highest BCUT2D eigenvalue weighted by molar-refractivity contribution is 7.16. The van der Waals surface area contributed by atoms with Crippen molar-refractivity contribution in [3.63, 3.8) is 0 Å². The Morgan fingerprint density at radius 1 is 1.13 bits per heavy atom. The molecular formula is C21H20N2O7S. The molecule has 1 amide bonds. The number of nitrogens with zero attached hydrogens (tertiary/aromatic N) is 2. The van der Waals surface area contributed by atoms with E-state index in [2.05, 4.69) is 4.99 Å². The average molecular weight is 444 g/mol. The monoisotopic (exact) mass is 444 g/mol. The minimum atomic E-state index is -0.492. The van der Waals surface area contributed by atoms with Crippen molar-refractivity contribution in [2.24, 2.45) is 4.99 Å². The Hall–Kier alpha value is -3.53. The van der Waals surface area contributed by atoms with E-state index >= 15 is 0 Å². The van der Waals surface area contributed by atoms with Gasteiger partial charge in [-0.15, -0.1) is 0 Å². The molecule has 31 heavy (non-hydrogen) atoms. The lowest BCUT2D eigenvalue weighted by Gasteiger charge is -2.10. The van der Waals surface area contributed by atoms with Crippen LogP contribution >= 0.6 is 11.3 Å². The molecular weight excluding hydrogens is 424 g/mol. The van der Waals surface area contributed by atoms with E-state index in [0.717, 1.165) is 10.2 Å². The van der Waals surface area contributed by atoms with Gasteiger partial charge >= 0.3 is 5.97 Å². The van der Waals surface area contributed by atoms with Gasteiger partial charge in [0.25, 0.3) is 5.91 Å². The summed E-state index contributed by atoms with van der Waals surface area (Å²) in [5.41, 5.74) is 1.05. The quantitative estimate of drug-likeness (QED) is 0.539. The van der Waals surface area contributed by atoms with Crippen molar-refractivity contribution >= 4 is 33.4 Å². The third-order valence-corrected chi connectivity index (χ3v) is 5.82. The molecule has 9 nitrogen and oxygen atoms in total. The summed E-state index contributed by atoms with van der Waals surface area (Å²) < 4.78 is 29.0. The highest BCUT2D eigenvalue weighted by atomic mass is 32.1. The van der Waals surface area contributed by atoms with Gasteiger partial charge in [-0.2, -0.15) is 4.99 Å². The summed E-state index contributed by atoms with van der Waals surface area (Å²) in [5.74, 6) is 1.12. The number of aryl methyl sites for hydroxylation is 1. The van der Waals surface area contributed by atoms with Crippen LogP contribution in [0, 0.1) is 0 Å². The summed E-state index contributed by atoms with van der Waals surface area (Å²) in [6, 6.07) is 8.68. The van der Waals surface area contributed by atoms with Crippen LogP contribution in [0.2, 0.25) is 0 Å². The number of hydrogen-bond acceptors (Lipinski definition) is 8. The number of carbonyl (C=O) groups is 2. The van der Waals surface area contributed by atoms with E-state index in [-0.39, 0.29) is 31.3 Å². The van der Waals surface area contributed by atoms with Gasteiger partial charge in [0.05, 0.1) is 43.5 Å². The molecule has 162 valence electrons. The Kier molecular flexibility index (Phi) is 5.81. The minimum Gasteiger partial charge on any atom is -0.493 e. The van der Waals surface area contributed by atoms with E-state index in [1.165, 1.54) is 32.7 Å². The molecule has 0 radical (unpaired) electrons. The maximum Gasteiger partial charge on any atom is 0.307 e. The van der Waals surface area contributed by atoms with Crippen molar-refractivity contribution in [1.29, 1.82) is 0 Å². The lowest BCUT2D eigenvalue weighted by atomic mass is 10.2. The number of para-hydroxylation sites is 1. The first-order valence-electron chi connectivity index (χ1n) is 9.35. The first-order valence-corrected chi connectivity index (χ1v) is 10.2. The smallest absolute Gasteiger partial charge is 0.307 e. The maximum atomic E-state index is 13.0. The van der Waals surface area contributed by atoms with Gasteiger partial charge in [-0.3, -0.25) is 9.59 Å². The fourth-order valence-corrected chi connectivity index (χ4v) is 4.33. The molecule has 1 aromatic heterocycles. The van der Waals surface area contributed by atoms with Crippen LogP contribution in [-0.4, -0.2) is 44.6 Å². The fraction of sp³-hybridized carbons (Fsp3) is 0.286. The van der Waals surface area contributed by atoms with Gasteiger partial charge in [-0.1, -0.05) is 17.4 Å². The molecule has 0 bridgehead atoms. The van der Waals surface area contributed by atoms with Crippen molar-refractivity contribution in [2.45, 2.75) is 13.0 Å². The standard InChI is InChI=1S/C21H20N2O7S/c1-26-14-6-4-5-12(19(14)28-3)20(25)22-21-23(8-7-18(24)27-2)13-9-15-16(30-11-29-15)10-17(13)31-21/h4-6,9-10H,7-8,11H2,1-3H3. The van der Waals surface area contributed by atoms with Crippen LogP contribution in [0.25, 0.3) is 10.2 Å². The van der Waals surface area contributed by atoms with Gasteiger partial charge in [0.1, 0.15) is 0 Å². The number of methoxy groups -OCH3 is 3. The molecule has 0 N–H and O–H groups in total. The van der Waals surface area contributed by atoms with E-state index in [0.29, 0.717) is 27.8 Å². The second-order valence-corrected chi connectivity index (χ2v) is 7.50. The molecule has 0 fully saturated rings. The van der Waals surface area contributed by atoms with E-state index < -0.39 is 5.91 Å². The van der Waals surface area contributed by atoms with Crippen molar-refractivity contribution in [3.05, 3.63) is 40.7 Å². The number of hydrogen-bond donors (Lipinski definition) is 0. The van der Waals surface area contributed by atoms with Crippen molar-refractivity contribution in [1.82, 2.24) is 4.57 Å². The minimum absolute atomic E-state index is 0.126. The van der Waals surface area contributed by atoms with Gasteiger partial charge in [-0.05, 0) is 12.1 Å². The molecule has 1 aliphatic rings. The van der Waals surface area contributed by atoms with Gasteiger partial charge < -0.3 is 28.3 Å². The van der Waals surface area contributed by atoms with E-state index in [9.17, 15) is 9.59 Å². The Morgan fingerprint density at radius 3 is 2.61 bits per heavy atom. The molecule has 10 heteroatoms. The average Bonchev–Trinajstić information content (AvgIpc) is 3.38. The first kappa shape index (κ1) is 20.7. The normalized spacial score (nSPS) is 12.8. The molecule has 4 rings (SSSR count). The van der Waals surface area contributed by atoms with Crippen LogP contribution in [0.1, 0.15) is 16.8 Å². The summed E-state index contributed by atoms with van der Waals surface area (Å²) in [7, 11) is 4.30. The second-order valence-electron chi connectivity index (χ2n) is 6.49. The SMILES string of the molecule is COC(=O)CCn1c(=NC(=O)c2cccc(OC)c2OC)sc2cc3c(cc21)OCO3. The van der Waals surface area contributed by atoms with Crippen LogP contribution in [0.5, 0.6) is 23.0 Å². The summed E-state index contributed by atoms with van der Waals surface area (Å²) in [5, 5.41) is 0. The summed E-state index contributed by atoms with van der Waals surface area (Å²) in [6.07, 6.45) is 0.126. The zero-order chi connectivity index (χ0) is 22.0. The number of fused-ring (bicyclic) bond motifs is 2. The molecule has 0 saturated heterocycles. The van der Waals surface area contributed by atoms with E-state index in [1.807, 2.05) is 12.1 Å². The summed E-state index contributed by atoms with van der Waals surface area (Å²) in [4.78, 5) is 29.5. The predicted molar refractivity (Wildman–Crippen MR) is 112 cm³/mol. The van der Waals surface area contributed by atoms with Crippen molar-refractivity contribution in [3.8, 4) is 23.0 Å². The van der Waals surface area contributed by atoms with Crippen LogP contribution < -0.4 is 23.7 Å². The maximum absolute atomic E-state index is 13.0. The zero-order valence-corrected chi connectivity index (χ0v) is 18.0. The third-order valence-electron chi connectivity index (χ3n) is 4.77. The largest absolute Gasteiger partial charge is 0.493 e. The van der Waals surface area contributed by atoms with E-state index in [4.69, 9.17) is 23.7 Å². The summed E-state index contributed by atoms with van der Waals surface area (Å²) in [6.45, 7) is 0.438. The number of thiazole rings is 1. The number of amides is 1. The van der Waals surface area contributed by atoms with Gasteiger partial charge in [0.15, 0.2) is 27.8 Å². The molecule has 0 spiro atoms. The fourth-order valence-electron chi connectivity index (χ4n) is 3.27. The number of esters is 1. The molecule has 0 aliphatic carbocycles. The predicted octanol–water partition coefficient (Wildman–Crippen LogP) is 2.75. The number of carbonyl (C=O) groups excluding carboxylic acids is 2. The van der Waals surface area contributed by atoms with Gasteiger partial charge in [0.2, 0.25) is 6.79 Å². The first-order chi connectivity index (χ1) is 15.0. The topological polar surface area (TPSA) is 97.6 Å². The molecule has 0 saturated carbocycles. The molecule has 0 atom stereocenters. The van der Waals surface area contributed by atoms with E-state index in [1.54, 1.807) is 22.8 Å². The van der Waals surface area contributed by atoms with Gasteiger partial charge in [0, 0.05) is 18.7 Å². The number of benzene rings is 2. The highest BCUT2D eigenvalue weighted by Crippen LogP contribution is 2.37. The molecule has 1 aliphatic heterocycles. The highest BCUT2D eigenvalue weighted by Gasteiger charge is 2.20. The van der Waals surface area contributed by atoms with Crippen molar-refractivity contribution < 1.29 is 33.3 Å². The summed E-state index contributed by atoms with van der Waals surface area (Å²) >= 11 is 1.31. The number of aromatic nitrogens is 1. The van der Waals surface area contributed by atoms with Gasteiger partial charge in [-0.25, -0.2) is 0 Å². The molecule has 2 heterocycles. The third kappa shape index (κ3) is 3.93. The van der Waals surface area contributed by atoms with Crippen LogP contribution in [-0.2, 0) is 16.1 Å². The Morgan fingerprint density at radius 2 is 1.90 bits per heavy atom. The molecule has 3 aromatic rings. The number of ether oxygens (including phenoxy) is 5. The lowest BCUT2D eigenvalue weighted by molar-refractivity contribution is -0.140. The molecule has 2 aromatic carbocycles. The Balaban J connectivity index is 1.83. The zero-order valence-electron chi connectivity index (χ0n) is 17.2. The van der Waals surface area contributed by atoms with Crippen LogP contribution in [0.4, 0.5) is 0 Å². The Labute approximate surface area is 181 Å². The van der Waals surface area contributed by atoms with Crippen molar-refractivity contribution in [2.75, 3.05) is 28.1 Å². The van der Waals surface area contributed by atoms with Crippen LogP contribution in [0.3, 0.4) is 0 Å². The van der Waals surface area contributed by atoms with Crippen LogP contribution in [0.15, 0.2) is 35.3 Å². The lowest BCUT2D eigenvalue weighted by Crippen LogP contribution is -2.19. The number of rotatable bonds is 6. The molecule has 0 unspecified atom stereocenters. The Bertz CT molecular complexity index is 1230.